The highest BCUT2D eigenvalue weighted by Gasteiger charge is 2.25. The summed E-state index contributed by atoms with van der Waals surface area (Å²) in [7, 11) is 3.20. The minimum atomic E-state index is -0.0561. The van der Waals surface area contributed by atoms with Crippen LogP contribution in [-0.2, 0) is 13.1 Å². The Morgan fingerprint density at radius 3 is 2.78 bits per heavy atom. The van der Waals surface area contributed by atoms with Crippen molar-refractivity contribution in [3.63, 3.8) is 0 Å². The molecule has 4 rings (SSSR count). The molecule has 0 bridgehead atoms. The molecule has 1 atom stereocenters. The highest BCUT2D eigenvalue weighted by atomic mass is 16.5. The van der Waals surface area contributed by atoms with Crippen molar-refractivity contribution in [2.45, 2.75) is 32.0 Å². The van der Waals surface area contributed by atoms with Crippen molar-refractivity contribution in [1.82, 2.24) is 19.7 Å². The lowest BCUT2D eigenvalue weighted by molar-refractivity contribution is 0.218. The summed E-state index contributed by atoms with van der Waals surface area (Å²) in [5, 5.41) is 5.25. The number of benzene rings is 1. The highest BCUT2D eigenvalue weighted by Crippen LogP contribution is 2.31. The van der Waals surface area contributed by atoms with Gasteiger partial charge in [-0.05, 0) is 37.6 Å². The Morgan fingerprint density at radius 1 is 1.22 bits per heavy atom. The first-order chi connectivity index (χ1) is 13.2. The molecule has 1 fully saturated rings. The predicted molar refractivity (Wildman–Crippen MR) is 103 cm³/mol. The van der Waals surface area contributed by atoms with Crippen LogP contribution in [0.1, 0.15) is 18.4 Å². The number of likely N-dealkylation sites (tertiary alicyclic amines) is 1. The molecule has 1 saturated heterocycles. The molecule has 1 N–H and O–H groups in total. The third-order valence-electron chi connectivity index (χ3n) is 5.25. The molecule has 0 amide bonds. The van der Waals surface area contributed by atoms with Crippen LogP contribution in [0.15, 0.2) is 41.5 Å². The lowest BCUT2D eigenvalue weighted by atomic mass is 10.1. The van der Waals surface area contributed by atoms with E-state index in [-0.39, 0.29) is 5.56 Å². The number of aromatic nitrogens is 3. The van der Waals surface area contributed by atoms with E-state index in [0.29, 0.717) is 24.1 Å². The summed E-state index contributed by atoms with van der Waals surface area (Å²) in [4.78, 5) is 18.0. The number of hydrogen-bond donors (Lipinski definition) is 1. The fourth-order valence-corrected chi connectivity index (χ4v) is 3.85. The summed E-state index contributed by atoms with van der Waals surface area (Å²) in [5.41, 5.74) is 1.46. The number of hydrogen-bond acceptors (Lipinski definition) is 5. The standard InChI is InChI=1S/C20H24N4O3/c1-26-18-10-14-9-15(20(25)22-17(14)11-19(18)27-2)12-23-7-3-5-16(23)13-24-8-4-6-21-24/h4,6,8-11,16H,3,5,7,12-13H2,1-2H3,(H,22,25)/t16-/m0/s1. The molecular weight excluding hydrogens is 344 g/mol. The van der Waals surface area contributed by atoms with E-state index < -0.39 is 0 Å². The second kappa shape index (κ2) is 7.44. The summed E-state index contributed by atoms with van der Waals surface area (Å²) in [6.07, 6.45) is 6.05. The quantitative estimate of drug-likeness (QED) is 0.723. The van der Waals surface area contributed by atoms with Gasteiger partial charge in [-0.3, -0.25) is 14.4 Å². The van der Waals surface area contributed by atoms with E-state index in [1.54, 1.807) is 26.5 Å². The number of methoxy groups -OCH3 is 2. The van der Waals surface area contributed by atoms with Gasteiger partial charge in [0.15, 0.2) is 11.5 Å². The number of H-pyrrole nitrogens is 1. The van der Waals surface area contributed by atoms with Crippen LogP contribution < -0.4 is 15.0 Å². The molecule has 27 heavy (non-hydrogen) atoms. The molecule has 0 saturated carbocycles. The molecule has 7 nitrogen and oxygen atoms in total. The number of rotatable bonds is 6. The first kappa shape index (κ1) is 17.6. The molecule has 0 aliphatic carbocycles. The van der Waals surface area contributed by atoms with Gasteiger partial charge in [-0.1, -0.05) is 0 Å². The Hall–Kier alpha value is -2.80. The topological polar surface area (TPSA) is 72.4 Å². The summed E-state index contributed by atoms with van der Waals surface area (Å²) in [5.74, 6) is 1.26. The molecule has 7 heteroatoms. The van der Waals surface area contributed by atoms with E-state index in [0.717, 1.165) is 42.4 Å². The van der Waals surface area contributed by atoms with Gasteiger partial charge in [0.05, 0.1) is 26.3 Å². The highest BCUT2D eigenvalue weighted by molar-refractivity contribution is 5.83. The molecular formula is C20H24N4O3. The lowest BCUT2D eigenvalue weighted by Crippen LogP contribution is -2.34. The first-order valence-corrected chi connectivity index (χ1v) is 9.17. The summed E-state index contributed by atoms with van der Waals surface area (Å²) >= 11 is 0. The van der Waals surface area contributed by atoms with Crippen LogP contribution in [0, 0.1) is 0 Å². The zero-order chi connectivity index (χ0) is 18.8. The van der Waals surface area contributed by atoms with Crippen LogP contribution in [0.5, 0.6) is 11.5 Å². The van der Waals surface area contributed by atoms with Gasteiger partial charge in [0.25, 0.3) is 5.56 Å². The van der Waals surface area contributed by atoms with Crippen LogP contribution in [0.2, 0.25) is 0 Å². The minimum absolute atomic E-state index is 0.0561. The molecule has 1 aromatic carbocycles. The van der Waals surface area contributed by atoms with Crippen molar-refractivity contribution in [3.8, 4) is 11.5 Å². The Bertz CT molecular complexity index is 981. The number of nitrogens with one attached hydrogen (secondary N) is 1. The molecule has 1 aliphatic heterocycles. The van der Waals surface area contributed by atoms with Crippen molar-refractivity contribution in [2.75, 3.05) is 20.8 Å². The molecule has 2 aromatic heterocycles. The fourth-order valence-electron chi connectivity index (χ4n) is 3.85. The number of nitrogens with zero attached hydrogens (tertiary/aromatic N) is 3. The zero-order valence-electron chi connectivity index (χ0n) is 15.6. The van der Waals surface area contributed by atoms with Crippen molar-refractivity contribution in [3.05, 3.63) is 52.6 Å². The van der Waals surface area contributed by atoms with Gasteiger partial charge in [0, 0.05) is 42.0 Å². The second-order valence-electron chi connectivity index (χ2n) is 6.91. The third kappa shape index (κ3) is 3.55. The van der Waals surface area contributed by atoms with E-state index in [2.05, 4.69) is 15.0 Å². The van der Waals surface area contributed by atoms with Gasteiger partial charge in [0.1, 0.15) is 0 Å². The van der Waals surface area contributed by atoms with Gasteiger partial charge in [0.2, 0.25) is 0 Å². The van der Waals surface area contributed by atoms with Gasteiger partial charge in [-0.25, -0.2) is 0 Å². The van der Waals surface area contributed by atoms with Crippen LogP contribution in [-0.4, -0.2) is 46.5 Å². The monoisotopic (exact) mass is 368 g/mol. The summed E-state index contributed by atoms with van der Waals surface area (Å²) in [6, 6.07) is 7.99. The Kier molecular flexibility index (Phi) is 4.85. The lowest BCUT2D eigenvalue weighted by Gasteiger charge is -2.24. The summed E-state index contributed by atoms with van der Waals surface area (Å²) < 4.78 is 12.7. The predicted octanol–water partition coefficient (Wildman–Crippen LogP) is 2.41. The largest absolute Gasteiger partial charge is 0.493 e. The van der Waals surface area contributed by atoms with Crippen molar-refractivity contribution in [2.24, 2.45) is 0 Å². The van der Waals surface area contributed by atoms with Gasteiger partial charge < -0.3 is 14.5 Å². The number of aromatic amines is 1. The van der Waals surface area contributed by atoms with Crippen molar-refractivity contribution < 1.29 is 9.47 Å². The maximum absolute atomic E-state index is 12.6. The number of ether oxygens (including phenoxy) is 2. The normalized spacial score (nSPS) is 17.5. The maximum atomic E-state index is 12.6. The molecule has 1 aliphatic rings. The summed E-state index contributed by atoms with van der Waals surface area (Å²) in [6.45, 7) is 2.48. The van der Waals surface area contributed by atoms with E-state index in [9.17, 15) is 4.79 Å². The minimum Gasteiger partial charge on any atom is -0.493 e. The average molecular weight is 368 g/mol. The average Bonchev–Trinajstić information content (AvgIpc) is 3.34. The second-order valence-corrected chi connectivity index (χ2v) is 6.91. The van der Waals surface area contributed by atoms with Crippen LogP contribution in [0.25, 0.3) is 10.9 Å². The van der Waals surface area contributed by atoms with Crippen molar-refractivity contribution in [1.29, 1.82) is 0 Å². The Balaban J connectivity index is 1.61. The van der Waals surface area contributed by atoms with Gasteiger partial charge in [-0.2, -0.15) is 5.10 Å². The third-order valence-corrected chi connectivity index (χ3v) is 5.25. The number of pyridine rings is 1. The van der Waals surface area contributed by atoms with E-state index in [4.69, 9.17) is 9.47 Å². The molecule has 3 heterocycles. The molecule has 0 spiro atoms. The molecule has 0 radical (unpaired) electrons. The number of fused-ring (bicyclic) bond motifs is 1. The maximum Gasteiger partial charge on any atom is 0.252 e. The Labute approximate surface area is 157 Å². The van der Waals surface area contributed by atoms with Crippen LogP contribution >= 0.6 is 0 Å². The zero-order valence-corrected chi connectivity index (χ0v) is 15.6. The SMILES string of the molecule is COc1cc2cc(CN3CCC[C@H]3Cn3cccn3)c(=O)[nH]c2cc1OC. The fraction of sp³-hybridized carbons (Fsp3) is 0.400. The van der Waals surface area contributed by atoms with E-state index in [1.807, 2.05) is 29.1 Å². The smallest absolute Gasteiger partial charge is 0.252 e. The molecule has 3 aromatic rings. The molecule has 142 valence electrons. The van der Waals surface area contributed by atoms with Gasteiger partial charge in [-0.15, -0.1) is 0 Å². The van der Waals surface area contributed by atoms with Crippen LogP contribution in [0.4, 0.5) is 0 Å². The van der Waals surface area contributed by atoms with E-state index in [1.165, 1.54) is 0 Å². The first-order valence-electron chi connectivity index (χ1n) is 9.17. The Morgan fingerprint density at radius 2 is 2.04 bits per heavy atom. The van der Waals surface area contributed by atoms with Crippen LogP contribution in [0.3, 0.4) is 0 Å². The van der Waals surface area contributed by atoms with Crippen molar-refractivity contribution >= 4 is 10.9 Å². The van der Waals surface area contributed by atoms with Gasteiger partial charge >= 0.3 is 0 Å². The molecule has 0 unspecified atom stereocenters. The van der Waals surface area contributed by atoms with E-state index >= 15 is 0 Å².